The number of halogens is 2. The highest BCUT2D eigenvalue weighted by atomic mass is 35.5. The summed E-state index contributed by atoms with van der Waals surface area (Å²) in [5, 5.41) is -0.633. The lowest BCUT2D eigenvalue weighted by Crippen LogP contribution is -2.13. The number of carbonyl (C=O) groups is 1. The SMILES string of the molecule is Cc1cc(Cl)c(NS(C)(=O)=O)c(C(=O)Cl)c1. The molecule has 0 heterocycles. The summed E-state index contributed by atoms with van der Waals surface area (Å²) in [4.78, 5) is 11.1. The molecule has 0 bridgehead atoms. The molecule has 0 aromatic heterocycles. The number of hydrogen-bond acceptors (Lipinski definition) is 3. The smallest absolute Gasteiger partial charge is 0.254 e. The molecular formula is C9H9Cl2NO3S. The van der Waals surface area contributed by atoms with E-state index in [4.69, 9.17) is 23.2 Å². The number of aryl methyl sites for hydroxylation is 1. The first-order valence-corrected chi connectivity index (χ1v) is 6.83. The zero-order valence-corrected chi connectivity index (χ0v) is 10.9. The molecule has 1 aromatic rings. The predicted molar refractivity (Wildman–Crippen MR) is 64.8 cm³/mol. The van der Waals surface area contributed by atoms with Gasteiger partial charge in [-0.3, -0.25) is 9.52 Å². The number of benzene rings is 1. The van der Waals surface area contributed by atoms with Crippen molar-refractivity contribution in [2.45, 2.75) is 6.92 Å². The molecule has 0 aliphatic carbocycles. The number of anilines is 1. The van der Waals surface area contributed by atoms with Gasteiger partial charge in [-0.1, -0.05) is 11.6 Å². The zero-order chi connectivity index (χ0) is 12.5. The Hall–Kier alpha value is -0.780. The van der Waals surface area contributed by atoms with Crippen LogP contribution in [0.5, 0.6) is 0 Å². The monoisotopic (exact) mass is 281 g/mol. The van der Waals surface area contributed by atoms with E-state index in [-0.39, 0.29) is 16.3 Å². The average Bonchev–Trinajstić information content (AvgIpc) is 2.07. The highest BCUT2D eigenvalue weighted by Crippen LogP contribution is 2.29. The van der Waals surface area contributed by atoms with Crippen LogP contribution >= 0.6 is 23.2 Å². The Morgan fingerprint density at radius 3 is 2.38 bits per heavy atom. The first kappa shape index (κ1) is 13.3. The number of carbonyl (C=O) groups excluding carboxylic acids is 1. The van der Waals surface area contributed by atoms with Crippen molar-refractivity contribution >= 4 is 44.2 Å². The van der Waals surface area contributed by atoms with Crippen molar-refractivity contribution in [1.82, 2.24) is 0 Å². The highest BCUT2D eigenvalue weighted by molar-refractivity contribution is 7.92. The minimum atomic E-state index is -3.51. The van der Waals surface area contributed by atoms with Crippen LogP contribution in [0.3, 0.4) is 0 Å². The van der Waals surface area contributed by atoms with Crippen molar-refractivity contribution in [2.75, 3.05) is 11.0 Å². The lowest BCUT2D eigenvalue weighted by Gasteiger charge is -2.10. The third-order valence-corrected chi connectivity index (χ3v) is 2.81. The van der Waals surface area contributed by atoms with Crippen LogP contribution < -0.4 is 4.72 Å². The molecule has 0 aliphatic rings. The molecular weight excluding hydrogens is 273 g/mol. The Balaban J connectivity index is 3.41. The summed E-state index contributed by atoms with van der Waals surface area (Å²) in [5.74, 6) is 0. The maximum atomic E-state index is 11.1. The molecule has 0 atom stereocenters. The van der Waals surface area contributed by atoms with Gasteiger partial charge < -0.3 is 0 Å². The fraction of sp³-hybridized carbons (Fsp3) is 0.222. The predicted octanol–water partition coefficient (Wildman–Crippen LogP) is 2.40. The van der Waals surface area contributed by atoms with Crippen LogP contribution in [0.15, 0.2) is 12.1 Å². The van der Waals surface area contributed by atoms with Crippen LogP contribution in [0.4, 0.5) is 5.69 Å². The molecule has 0 amide bonds. The van der Waals surface area contributed by atoms with E-state index in [1.807, 2.05) is 0 Å². The average molecular weight is 282 g/mol. The molecule has 0 unspecified atom stereocenters. The van der Waals surface area contributed by atoms with E-state index in [2.05, 4.69) is 4.72 Å². The fourth-order valence-electron chi connectivity index (χ4n) is 1.19. The van der Waals surface area contributed by atoms with Gasteiger partial charge in [0.15, 0.2) is 0 Å². The molecule has 1 aromatic carbocycles. The number of rotatable bonds is 3. The Kier molecular flexibility index (Phi) is 3.83. The van der Waals surface area contributed by atoms with Gasteiger partial charge in [0.25, 0.3) is 5.24 Å². The first-order chi connectivity index (χ1) is 7.20. The van der Waals surface area contributed by atoms with Crippen molar-refractivity contribution in [3.63, 3.8) is 0 Å². The van der Waals surface area contributed by atoms with E-state index in [1.54, 1.807) is 13.0 Å². The van der Waals surface area contributed by atoms with Crippen molar-refractivity contribution in [1.29, 1.82) is 0 Å². The summed E-state index contributed by atoms with van der Waals surface area (Å²) in [6.07, 6.45) is 0.964. The highest BCUT2D eigenvalue weighted by Gasteiger charge is 2.16. The topological polar surface area (TPSA) is 63.2 Å². The summed E-state index contributed by atoms with van der Waals surface area (Å²) < 4.78 is 24.3. The van der Waals surface area contributed by atoms with Crippen molar-refractivity contribution < 1.29 is 13.2 Å². The number of hydrogen-bond donors (Lipinski definition) is 1. The van der Waals surface area contributed by atoms with Crippen molar-refractivity contribution in [3.8, 4) is 0 Å². The van der Waals surface area contributed by atoms with Crippen LogP contribution in [-0.2, 0) is 10.0 Å². The normalized spacial score (nSPS) is 11.2. The molecule has 88 valence electrons. The molecule has 0 spiro atoms. The van der Waals surface area contributed by atoms with Gasteiger partial charge in [-0.05, 0) is 36.2 Å². The van der Waals surface area contributed by atoms with E-state index in [1.165, 1.54) is 6.07 Å². The van der Waals surface area contributed by atoms with Gasteiger partial charge in [0.2, 0.25) is 10.0 Å². The molecule has 0 saturated heterocycles. The molecule has 0 aliphatic heterocycles. The van der Waals surface area contributed by atoms with Gasteiger partial charge in [0.05, 0.1) is 22.5 Å². The number of sulfonamides is 1. The van der Waals surface area contributed by atoms with Crippen LogP contribution in [-0.4, -0.2) is 19.9 Å². The second-order valence-corrected chi connectivity index (χ2v) is 5.82. The Morgan fingerprint density at radius 1 is 1.38 bits per heavy atom. The molecule has 7 heteroatoms. The standard InChI is InChI=1S/C9H9Cl2NO3S/c1-5-3-6(9(11)13)8(7(10)4-5)12-16(2,14)15/h3-4,12H,1-2H3. The van der Waals surface area contributed by atoms with Gasteiger partial charge in [-0.25, -0.2) is 8.42 Å². The van der Waals surface area contributed by atoms with Gasteiger partial charge >= 0.3 is 0 Å². The van der Waals surface area contributed by atoms with Gasteiger partial charge in [0, 0.05) is 0 Å². The van der Waals surface area contributed by atoms with Crippen LogP contribution in [0.2, 0.25) is 5.02 Å². The van der Waals surface area contributed by atoms with Gasteiger partial charge in [-0.2, -0.15) is 0 Å². The van der Waals surface area contributed by atoms with E-state index in [0.717, 1.165) is 6.26 Å². The first-order valence-electron chi connectivity index (χ1n) is 4.18. The number of nitrogens with one attached hydrogen (secondary N) is 1. The lowest BCUT2D eigenvalue weighted by atomic mass is 10.1. The van der Waals surface area contributed by atoms with Gasteiger partial charge in [0.1, 0.15) is 0 Å². The van der Waals surface area contributed by atoms with Crippen molar-refractivity contribution in [2.24, 2.45) is 0 Å². The largest absolute Gasteiger partial charge is 0.281 e. The second-order valence-electron chi connectivity index (χ2n) is 3.32. The summed E-state index contributed by atoms with van der Waals surface area (Å²) in [7, 11) is -3.51. The molecule has 0 radical (unpaired) electrons. The maximum Gasteiger partial charge on any atom is 0.254 e. The molecule has 0 fully saturated rings. The molecule has 4 nitrogen and oxygen atoms in total. The summed E-state index contributed by atoms with van der Waals surface area (Å²) in [6.45, 7) is 1.72. The Labute approximate surface area is 104 Å². The Bertz CT molecular complexity index is 540. The zero-order valence-electron chi connectivity index (χ0n) is 8.54. The lowest BCUT2D eigenvalue weighted by molar-refractivity contribution is 0.108. The van der Waals surface area contributed by atoms with Crippen molar-refractivity contribution in [3.05, 3.63) is 28.3 Å². The fourth-order valence-corrected chi connectivity index (χ4v) is 2.30. The minimum Gasteiger partial charge on any atom is -0.281 e. The van der Waals surface area contributed by atoms with E-state index in [0.29, 0.717) is 5.56 Å². The second kappa shape index (κ2) is 4.61. The van der Waals surface area contributed by atoms with Crippen LogP contribution in [0, 0.1) is 6.92 Å². The van der Waals surface area contributed by atoms with E-state index in [9.17, 15) is 13.2 Å². The summed E-state index contributed by atoms with van der Waals surface area (Å²) in [5.41, 5.74) is 0.764. The Morgan fingerprint density at radius 2 is 1.94 bits per heavy atom. The van der Waals surface area contributed by atoms with Crippen LogP contribution in [0.25, 0.3) is 0 Å². The third kappa shape index (κ3) is 3.37. The van der Waals surface area contributed by atoms with Crippen LogP contribution in [0.1, 0.15) is 15.9 Å². The third-order valence-electron chi connectivity index (χ3n) is 1.73. The maximum absolute atomic E-state index is 11.1. The molecule has 16 heavy (non-hydrogen) atoms. The quantitative estimate of drug-likeness (QED) is 0.866. The van der Waals surface area contributed by atoms with Gasteiger partial charge in [-0.15, -0.1) is 0 Å². The molecule has 0 saturated carbocycles. The summed E-state index contributed by atoms with van der Waals surface area (Å²) >= 11 is 11.2. The molecule has 1 rings (SSSR count). The molecule has 1 N–H and O–H groups in total. The minimum absolute atomic E-state index is 0.00904. The van der Waals surface area contributed by atoms with E-state index >= 15 is 0 Å². The summed E-state index contributed by atoms with van der Waals surface area (Å²) in [6, 6.07) is 3.01. The van der Waals surface area contributed by atoms with E-state index < -0.39 is 15.3 Å².